The Morgan fingerprint density at radius 1 is 1.29 bits per heavy atom. The highest BCUT2D eigenvalue weighted by Crippen LogP contribution is 2.13. The number of aromatic nitrogens is 2. The highest BCUT2D eigenvalue weighted by atomic mass is 16.4. The van der Waals surface area contributed by atoms with Crippen molar-refractivity contribution in [1.29, 1.82) is 0 Å². The van der Waals surface area contributed by atoms with Crippen molar-refractivity contribution >= 4 is 17.6 Å². The molecule has 2 aromatic rings. The molecule has 2 N–H and O–H groups in total. The number of aryl methyl sites for hydroxylation is 1. The van der Waals surface area contributed by atoms with Crippen LogP contribution in [-0.4, -0.2) is 21.0 Å². The molecule has 0 saturated carbocycles. The fourth-order valence-corrected chi connectivity index (χ4v) is 1.39. The molecule has 0 amide bonds. The maximum Gasteiger partial charge on any atom is 0.339 e. The Bertz CT molecular complexity index is 541. The molecule has 0 unspecified atom stereocenters. The van der Waals surface area contributed by atoms with Gasteiger partial charge in [0.1, 0.15) is 0 Å². The number of carboxylic acids is 1. The number of carbonyl (C=O) groups is 1. The normalized spacial score (nSPS) is 9.94. The quantitative estimate of drug-likeness (QED) is 0.844. The molecule has 0 spiro atoms. The number of hydrogen-bond donors (Lipinski definition) is 2. The molecule has 1 heterocycles. The molecule has 0 bridgehead atoms. The predicted octanol–water partition coefficient (Wildman–Crippen LogP) is 2.23. The third-order valence-electron chi connectivity index (χ3n) is 2.24. The average molecular weight is 229 g/mol. The third-order valence-corrected chi connectivity index (χ3v) is 2.24. The maximum absolute atomic E-state index is 10.8. The minimum absolute atomic E-state index is 0.114. The first-order valence-electron chi connectivity index (χ1n) is 5.06. The van der Waals surface area contributed by atoms with Crippen molar-refractivity contribution in [1.82, 2.24) is 9.97 Å². The number of nitrogens with zero attached hydrogens (tertiary/aromatic N) is 2. The zero-order valence-corrected chi connectivity index (χ0v) is 9.21. The lowest BCUT2D eigenvalue weighted by molar-refractivity contribution is 0.0695. The van der Waals surface area contributed by atoms with Gasteiger partial charge in [0.15, 0.2) is 0 Å². The summed E-state index contributed by atoms with van der Waals surface area (Å²) in [5.74, 6) is -0.632. The van der Waals surface area contributed by atoms with Crippen LogP contribution in [0.5, 0.6) is 0 Å². The van der Waals surface area contributed by atoms with Crippen molar-refractivity contribution in [2.75, 3.05) is 5.32 Å². The summed E-state index contributed by atoms with van der Waals surface area (Å²) >= 11 is 0. The van der Waals surface area contributed by atoms with Crippen molar-refractivity contribution in [2.45, 2.75) is 6.92 Å². The van der Waals surface area contributed by atoms with Gasteiger partial charge in [-0.05, 0) is 19.1 Å². The van der Waals surface area contributed by atoms with Crippen LogP contribution in [0, 0.1) is 6.92 Å². The van der Waals surface area contributed by atoms with Crippen LogP contribution in [-0.2, 0) is 0 Å². The summed E-state index contributed by atoms with van der Waals surface area (Å²) in [6.07, 6.45) is 1.30. The number of nitrogens with one attached hydrogen (secondary N) is 1. The van der Waals surface area contributed by atoms with Crippen LogP contribution in [0.15, 0.2) is 36.5 Å². The van der Waals surface area contributed by atoms with E-state index < -0.39 is 5.97 Å². The van der Waals surface area contributed by atoms with E-state index in [1.54, 1.807) is 6.92 Å². The van der Waals surface area contributed by atoms with E-state index in [-0.39, 0.29) is 5.56 Å². The molecule has 1 aromatic heterocycles. The van der Waals surface area contributed by atoms with E-state index in [0.717, 1.165) is 5.69 Å². The zero-order valence-electron chi connectivity index (χ0n) is 9.21. The summed E-state index contributed by atoms with van der Waals surface area (Å²) in [5.41, 5.74) is 1.41. The molecule has 5 heteroatoms. The van der Waals surface area contributed by atoms with Gasteiger partial charge in [0, 0.05) is 11.9 Å². The van der Waals surface area contributed by atoms with Crippen molar-refractivity contribution in [3.8, 4) is 0 Å². The van der Waals surface area contributed by atoms with Gasteiger partial charge in [0.05, 0.1) is 11.3 Å². The Hall–Kier alpha value is -2.43. The molecule has 0 aliphatic heterocycles. The molecule has 0 fully saturated rings. The molecule has 0 radical (unpaired) electrons. The van der Waals surface area contributed by atoms with Crippen LogP contribution >= 0.6 is 0 Å². The average Bonchev–Trinajstić information content (AvgIpc) is 2.30. The molecule has 17 heavy (non-hydrogen) atoms. The molecule has 2 rings (SSSR count). The van der Waals surface area contributed by atoms with Gasteiger partial charge in [-0.15, -0.1) is 0 Å². The van der Waals surface area contributed by atoms with Crippen LogP contribution < -0.4 is 5.32 Å². The van der Waals surface area contributed by atoms with Gasteiger partial charge in [0.25, 0.3) is 0 Å². The fraction of sp³-hybridized carbons (Fsp3) is 0.0833. The highest BCUT2D eigenvalue weighted by Gasteiger charge is 2.09. The van der Waals surface area contributed by atoms with E-state index in [1.165, 1.54) is 6.20 Å². The summed E-state index contributed by atoms with van der Waals surface area (Å²) in [6.45, 7) is 1.64. The van der Waals surface area contributed by atoms with Gasteiger partial charge in [-0.2, -0.15) is 0 Å². The zero-order chi connectivity index (χ0) is 12.3. The Balaban J connectivity index is 2.24. The summed E-state index contributed by atoms with van der Waals surface area (Å²) in [5, 5.41) is 11.8. The fourth-order valence-electron chi connectivity index (χ4n) is 1.39. The number of para-hydroxylation sites is 1. The molecule has 1 aromatic carbocycles. The van der Waals surface area contributed by atoms with Crippen LogP contribution in [0.1, 0.15) is 16.1 Å². The molecule has 5 nitrogen and oxygen atoms in total. The van der Waals surface area contributed by atoms with E-state index in [1.807, 2.05) is 30.3 Å². The van der Waals surface area contributed by atoms with E-state index in [0.29, 0.717) is 11.6 Å². The van der Waals surface area contributed by atoms with Crippen molar-refractivity contribution < 1.29 is 9.90 Å². The Kier molecular flexibility index (Phi) is 3.00. The molecule has 86 valence electrons. The van der Waals surface area contributed by atoms with Gasteiger partial charge < -0.3 is 10.4 Å². The highest BCUT2D eigenvalue weighted by molar-refractivity contribution is 5.88. The second-order valence-corrected chi connectivity index (χ2v) is 3.49. The number of anilines is 2. The predicted molar refractivity (Wildman–Crippen MR) is 63.5 cm³/mol. The van der Waals surface area contributed by atoms with Crippen LogP contribution in [0.4, 0.5) is 11.6 Å². The lowest BCUT2D eigenvalue weighted by Gasteiger charge is -2.06. The van der Waals surface area contributed by atoms with Crippen LogP contribution in [0.2, 0.25) is 0 Å². The first kappa shape index (κ1) is 11.1. The van der Waals surface area contributed by atoms with Gasteiger partial charge in [-0.1, -0.05) is 18.2 Å². The minimum atomic E-state index is -1.02. The first-order chi connectivity index (χ1) is 8.16. The first-order valence-corrected chi connectivity index (χ1v) is 5.06. The van der Waals surface area contributed by atoms with E-state index in [4.69, 9.17) is 5.11 Å². The van der Waals surface area contributed by atoms with E-state index in [9.17, 15) is 4.79 Å². The van der Waals surface area contributed by atoms with E-state index in [2.05, 4.69) is 15.3 Å². The summed E-state index contributed by atoms with van der Waals surface area (Å²) in [6, 6.07) is 9.44. The number of aromatic carboxylic acids is 1. The van der Waals surface area contributed by atoms with Gasteiger partial charge in [-0.3, -0.25) is 0 Å². The van der Waals surface area contributed by atoms with Crippen LogP contribution in [0.3, 0.4) is 0 Å². The molecule has 0 aliphatic rings. The number of rotatable bonds is 3. The molecule has 0 aliphatic carbocycles. The van der Waals surface area contributed by atoms with E-state index >= 15 is 0 Å². The van der Waals surface area contributed by atoms with Crippen molar-refractivity contribution in [3.05, 3.63) is 47.8 Å². The topological polar surface area (TPSA) is 75.1 Å². The van der Waals surface area contributed by atoms with Gasteiger partial charge in [0.2, 0.25) is 5.95 Å². The summed E-state index contributed by atoms with van der Waals surface area (Å²) in [4.78, 5) is 18.8. The van der Waals surface area contributed by atoms with Gasteiger partial charge in [-0.25, -0.2) is 14.8 Å². The Morgan fingerprint density at radius 2 is 2.00 bits per heavy atom. The number of carboxylic acid groups (broad SMARTS) is 1. The largest absolute Gasteiger partial charge is 0.478 e. The number of hydrogen-bond acceptors (Lipinski definition) is 4. The second-order valence-electron chi connectivity index (χ2n) is 3.49. The van der Waals surface area contributed by atoms with Crippen molar-refractivity contribution in [2.24, 2.45) is 0 Å². The summed E-state index contributed by atoms with van der Waals surface area (Å²) in [7, 11) is 0. The second kappa shape index (κ2) is 4.61. The molecular formula is C12H11N3O2. The third kappa shape index (κ3) is 2.57. The minimum Gasteiger partial charge on any atom is -0.478 e. The Morgan fingerprint density at radius 3 is 2.59 bits per heavy atom. The molecular weight excluding hydrogens is 218 g/mol. The molecule has 0 saturated heterocycles. The SMILES string of the molecule is Cc1nc(Nc2ccccc2)ncc1C(=O)O. The summed E-state index contributed by atoms with van der Waals surface area (Å²) < 4.78 is 0. The van der Waals surface area contributed by atoms with Crippen LogP contribution in [0.25, 0.3) is 0 Å². The van der Waals surface area contributed by atoms with Crippen molar-refractivity contribution in [3.63, 3.8) is 0 Å². The standard InChI is InChI=1S/C12H11N3O2/c1-8-10(11(16)17)7-13-12(14-8)15-9-5-3-2-4-6-9/h2-7H,1H3,(H,16,17)(H,13,14,15). The lowest BCUT2D eigenvalue weighted by Crippen LogP contribution is -2.05. The maximum atomic E-state index is 10.8. The smallest absolute Gasteiger partial charge is 0.339 e. The Labute approximate surface area is 98.2 Å². The van der Waals surface area contributed by atoms with Gasteiger partial charge >= 0.3 is 5.97 Å². The molecule has 0 atom stereocenters. The lowest BCUT2D eigenvalue weighted by atomic mass is 10.2. The monoisotopic (exact) mass is 229 g/mol. The number of benzene rings is 1.